The highest BCUT2D eigenvalue weighted by atomic mass is 32.2. The summed E-state index contributed by atoms with van der Waals surface area (Å²) >= 11 is 1.54. The molecule has 1 aliphatic rings. The summed E-state index contributed by atoms with van der Waals surface area (Å²) in [6, 6.07) is 6.88. The van der Waals surface area contributed by atoms with Crippen LogP contribution in [0.2, 0.25) is 0 Å². The summed E-state index contributed by atoms with van der Waals surface area (Å²) in [6.45, 7) is 3.24. The number of anilines is 1. The van der Waals surface area contributed by atoms with Crippen LogP contribution in [0.1, 0.15) is 0 Å². The first-order valence-electron chi connectivity index (χ1n) is 7.96. The number of thioether (sulfide) groups is 1. The lowest BCUT2D eigenvalue weighted by atomic mass is 9.99. The maximum Gasteiger partial charge on any atom is 0.414 e. The highest BCUT2D eigenvalue weighted by molar-refractivity contribution is 7.98. The minimum atomic E-state index is -1.78. The van der Waals surface area contributed by atoms with E-state index in [-0.39, 0.29) is 6.61 Å². The van der Waals surface area contributed by atoms with Crippen molar-refractivity contribution in [1.82, 2.24) is 0 Å². The predicted octanol–water partition coefficient (Wildman–Crippen LogP) is 0.494. The van der Waals surface area contributed by atoms with Gasteiger partial charge in [0.15, 0.2) is 6.10 Å². The van der Waals surface area contributed by atoms with E-state index in [1.54, 1.807) is 24.3 Å². The molecule has 0 aliphatic carbocycles. The summed E-state index contributed by atoms with van der Waals surface area (Å²) in [5.74, 6) is -0.991. The molecule has 1 amide bonds. The van der Waals surface area contributed by atoms with Gasteiger partial charge in [-0.2, -0.15) is 0 Å². The van der Waals surface area contributed by atoms with E-state index in [0.717, 1.165) is 4.90 Å². The first-order valence-corrected chi connectivity index (χ1v) is 9.18. The number of hydrogen-bond acceptors (Lipinski definition) is 9. The lowest BCUT2D eigenvalue weighted by molar-refractivity contribution is -0.278. The van der Waals surface area contributed by atoms with E-state index in [2.05, 4.69) is 11.9 Å². The summed E-state index contributed by atoms with van der Waals surface area (Å²) in [6.07, 6.45) is -6.36. The van der Waals surface area contributed by atoms with Crippen molar-refractivity contribution in [2.24, 2.45) is 0 Å². The van der Waals surface area contributed by atoms with Gasteiger partial charge in [0.1, 0.15) is 24.9 Å². The molecule has 1 aromatic carbocycles. The zero-order chi connectivity index (χ0) is 20.0. The molecular weight excluding hydrogens is 378 g/mol. The van der Waals surface area contributed by atoms with Crippen LogP contribution in [0.4, 0.5) is 10.5 Å². The largest absolute Gasteiger partial charge is 0.459 e. The molecule has 1 aromatic rings. The number of carbonyl (C=O) groups excluding carboxylic acids is 2. The molecule has 0 unspecified atom stereocenters. The van der Waals surface area contributed by atoms with Crippen LogP contribution < -0.4 is 5.32 Å². The van der Waals surface area contributed by atoms with Crippen molar-refractivity contribution < 1.29 is 39.1 Å². The predicted molar refractivity (Wildman–Crippen MR) is 96.2 cm³/mol. The molecule has 148 valence electrons. The molecule has 27 heavy (non-hydrogen) atoms. The zero-order valence-corrected chi connectivity index (χ0v) is 15.3. The summed E-state index contributed by atoms with van der Waals surface area (Å²) < 4.78 is 14.8. The average molecular weight is 399 g/mol. The standard InChI is InChI=1S/C17H21NO8S/c1-3-8-24-15(22)14-12(20)11(19)13(21)16(25-14)26-17(23)18-9-4-6-10(27-2)7-5-9/h3-7,11-14,16,19-21H,1,8H2,2H3,(H,18,23)/t11-,12-,13+,14-,16-/m0/s1. The van der Waals surface area contributed by atoms with E-state index in [0.29, 0.717) is 5.69 Å². The van der Waals surface area contributed by atoms with Gasteiger partial charge in [0, 0.05) is 10.6 Å². The zero-order valence-electron chi connectivity index (χ0n) is 14.5. The highest BCUT2D eigenvalue weighted by Gasteiger charge is 2.49. The van der Waals surface area contributed by atoms with Crippen LogP contribution in [0.3, 0.4) is 0 Å². The Hall–Kier alpha value is -2.11. The van der Waals surface area contributed by atoms with Crippen LogP contribution in [-0.4, -0.2) is 71.0 Å². The molecule has 0 spiro atoms. The normalized spacial score (nSPS) is 27.5. The second kappa shape index (κ2) is 9.72. The molecule has 0 bridgehead atoms. The Morgan fingerprint density at radius 2 is 1.89 bits per heavy atom. The number of rotatable bonds is 6. The molecule has 1 aliphatic heterocycles. The average Bonchev–Trinajstić information content (AvgIpc) is 2.67. The van der Waals surface area contributed by atoms with Gasteiger partial charge in [-0.15, -0.1) is 11.8 Å². The van der Waals surface area contributed by atoms with Gasteiger partial charge in [0.25, 0.3) is 0 Å². The third-order valence-electron chi connectivity index (χ3n) is 3.70. The molecule has 0 saturated carbocycles. The van der Waals surface area contributed by atoms with E-state index in [1.807, 2.05) is 6.26 Å². The number of hydrogen-bond donors (Lipinski definition) is 4. The smallest absolute Gasteiger partial charge is 0.414 e. The van der Waals surface area contributed by atoms with Gasteiger partial charge in [-0.3, -0.25) is 5.32 Å². The van der Waals surface area contributed by atoms with Crippen LogP contribution in [0.5, 0.6) is 0 Å². The number of carbonyl (C=O) groups is 2. The number of ether oxygens (including phenoxy) is 3. The van der Waals surface area contributed by atoms with Crippen molar-refractivity contribution in [2.75, 3.05) is 18.2 Å². The third-order valence-corrected chi connectivity index (χ3v) is 4.45. The Balaban J connectivity index is 2.00. The molecule has 2 rings (SSSR count). The van der Waals surface area contributed by atoms with Gasteiger partial charge >= 0.3 is 12.1 Å². The molecule has 1 heterocycles. The Morgan fingerprint density at radius 1 is 1.22 bits per heavy atom. The van der Waals surface area contributed by atoms with Gasteiger partial charge in [-0.05, 0) is 30.5 Å². The minimum Gasteiger partial charge on any atom is -0.459 e. The molecule has 1 saturated heterocycles. The van der Waals surface area contributed by atoms with Crippen LogP contribution in [0.15, 0.2) is 41.8 Å². The molecule has 0 aromatic heterocycles. The van der Waals surface area contributed by atoms with Crippen molar-refractivity contribution in [1.29, 1.82) is 0 Å². The van der Waals surface area contributed by atoms with Gasteiger partial charge in [0.05, 0.1) is 0 Å². The molecule has 10 heteroatoms. The van der Waals surface area contributed by atoms with Gasteiger partial charge in [-0.1, -0.05) is 12.7 Å². The lowest BCUT2D eigenvalue weighted by Gasteiger charge is -2.38. The Morgan fingerprint density at radius 3 is 2.48 bits per heavy atom. The Bertz CT molecular complexity index is 667. The van der Waals surface area contributed by atoms with Crippen LogP contribution in [-0.2, 0) is 19.0 Å². The van der Waals surface area contributed by atoms with Gasteiger partial charge < -0.3 is 29.5 Å². The van der Waals surface area contributed by atoms with Gasteiger partial charge in [-0.25, -0.2) is 9.59 Å². The van der Waals surface area contributed by atoms with Crippen molar-refractivity contribution in [3.8, 4) is 0 Å². The van der Waals surface area contributed by atoms with Crippen LogP contribution in [0, 0.1) is 0 Å². The number of aliphatic hydroxyl groups is 3. The monoisotopic (exact) mass is 399 g/mol. The fraction of sp³-hybridized carbons (Fsp3) is 0.412. The molecule has 1 fully saturated rings. The summed E-state index contributed by atoms with van der Waals surface area (Å²) in [5.41, 5.74) is 0.436. The van der Waals surface area contributed by atoms with Crippen LogP contribution >= 0.6 is 11.8 Å². The number of benzene rings is 1. The van der Waals surface area contributed by atoms with Crippen molar-refractivity contribution in [3.05, 3.63) is 36.9 Å². The van der Waals surface area contributed by atoms with E-state index < -0.39 is 42.8 Å². The maximum atomic E-state index is 12.0. The quantitative estimate of drug-likeness (QED) is 0.306. The number of esters is 1. The summed E-state index contributed by atoms with van der Waals surface area (Å²) in [7, 11) is 0. The van der Waals surface area contributed by atoms with Crippen LogP contribution in [0.25, 0.3) is 0 Å². The third kappa shape index (κ3) is 5.44. The summed E-state index contributed by atoms with van der Waals surface area (Å²) in [5, 5.41) is 32.2. The molecule has 4 N–H and O–H groups in total. The first-order chi connectivity index (χ1) is 12.9. The van der Waals surface area contributed by atoms with E-state index in [1.165, 1.54) is 17.8 Å². The van der Waals surface area contributed by atoms with E-state index in [4.69, 9.17) is 14.2 Å². The second-order valence-electron chi connectivity index (χ2n) is 5.57. The van der Waals surface area contributed by atoms with Gasteiger partial charge in [0.2, 0.25) is 6.29 Å². The molecular formula is C17H21NO8S. The van der Waals surface area contributed by atoms with E-state index in [9.17, 15) is 24.9 Å². The fourth-order valence-electron chi connectivity index (χ4n) is 2.29. The first kappa shape index (κ1) is 21.2. The Labute approximate surface area is 159 Å². The molecule has 5 atom stereocenters. The number of amides is 1. The van der Waals surface area contributed by atoms with Crippen molar-refractivity contribution in [2.45, 2.75) is 35.6 Å². The van der Waals surface area contributed by atoms with Crippen molar-refractivity contribution in [3.63, 3.8) is 0 Å². The second-order valence-corrected chi connectivity index (χ2v) is 6.45. The maximum absolute atomic E-state index is 12.0. The number of aliphatic hydroxyl groups excluding tert-OH is 3. The fourth-order valence-corrected chi connectivity index (χ4v) is 2.70. The highest BCUT2D eigenvalue weighted by Crippen LogP contribution is 2.24. The molecule has 0 radical (unpaired) electrons. The lowest BCUT2D eigenvalue weighted by Crippen LogP contribution is -2.61. The number of nitrogens with one attached hydrogen (secondary N) is 1. The topological polar surface area (TPSA) is 135 Å². The molecule has 9 nitrogen and oxygen atoms in total. The van der Waals surface area contributed by atoms with E-state index >= 15 is 0 Å². The van der Waals surface area contributed by atoms with Crippen molar-refractivity contribution >= 4 is 29.5 Å². The Kier molecular flexibility index (Phi) is 7.63. The minimum absolute atomic E-state index is 0.137. The summed E-state index contributed by atoms with van der Waals surface area (Å²) in [4.78, 5) is 24.9. The SMILES string of the molecule is C=CCOC(=O)[C@H]1O[C@@H](OC(=O)Nc2ccc(SC)cc2)[C@H](O)[C@@H](O)[C@@H]1O.